The second-order valence-electron chi connectivity index (χ2n) is 4.34. The molecule has 1 fully saturated rings. The fourth-order valence-electron chi connectivity index (χ4n) is 1.72. The monoisotopic (exact) mass is 176 g/mol. The lowest BCUT2D eigenvalue weighted by molar-refractivity contribution is 0.00792. The first-order chi connectivity index (χ1) is 6.18. The Morgan fingerprint density at radius 1 is 1.38 bits per heavy atom. The van der Waals surface area contributed by atoms with E-state index in [0.717, 1.165) is 6.54 Å². The first-order valence-corrected chi connectivity index (χ1v) is 4.82. The van der Waals surface area contributed by atoms with Crippen LogP contribution in [0, 0.1) is 0 Å². The molecule has 0 N–H and O–H groups in total. The van der Waals surface area contributed by atoms with E-state index >= 15 is 0 Å². The van der Waals surface area contributed by atoms with Crippen molar-refractivity contribution in [2.75, 3.05) is 6.54 Å². The van der Waals surface area contributed by atoms with Gasteiger partial charge in [-0.25, -0.2) is 0 Å². The van der Waals surface area contributed by atoms with Crippen molar-refractivity contribution in [3.8, 4) is 0 Å². The zero-order valence-electron chi connectivity index (χ0n) is 8.33. The second kappa shape index (κ2) is 3.11. The van der Waals surface area contributed by atoms with Crippen LogP contribution < -0.4 is 0 Å². The summed E-state index contributed by atoms with van der Waals surface area (Å²) >= 11 is 0. The van der Waals surface area contributed by atoms with Gasteiger partial charge >= 0.3 is 0 Å². The largest absolute Gasteiger partial charge is 0.294 e. The zero-order valence-corrected chi connectivity index (χ0v) is 8.33. The highest BCUT2D eigenvalue weighted by Crippen LogP contribution is 2.30. The highest BCUT2D eigenvalue weighted by atomic mass is 15.2. The van der Waals surface area contributed by atoms with Crippen molar-refractivity contribution < 1.29 is 0 Å². The van der Waals surface area contributed by atoms with Gasteiger partial charge in [-0.1, -0.05) is 0 Å². The molecule has 2 nitrogen and oxygen atoms in total. The van der Waals surface area contributed by atoms with Gasteiger partial charge in [0.2, 0.25) is 0 Å². The van der Waals surface area contributed by atoms with Crippen LogP contribution in [-0.4, -0.2) is 22.0 Å². The normalized spacial score (nSPS) is 21.1. The summed E-state index contributed by atoms with van der Waals surface area (Å²) in [4.78, 5) is 6.52. The van der Waals surface area contributed by atoms with Gasteiger partial charge in [-0.2, -0.15) is 0 Å². The molecular weight excluding hydrogens is 160 g/mol. The summed E-state index contributed by atoms with van der Waals surface area (Å²) in [7, 11) is 0. The van der Waals surface area contributed by atoms with Crippen molar-refractivity contribution in [2.45, 2.75) is 32.4 Å². The summed E-state index contributed by atoms with van der Waals surface area (Å²) in [6.07, 6.45) is 5.04. The third-order valence-electron chi connectivity index (χ3n) is 2.97. The highest BCUT2D eigenvalue weighted by Gasteiger charge is 2.35. The molecule has 70 valence electrons. The minimum atomic E-state index is 0.406. The maximum atomic E-state index is 4.01. The van der Waals surface area contributed by atoms with Crippen molar-refractivity contribution >= 4 is 0 Å². The Labute approximate surface area is 79.6 Å². The van der Waals surface area contributed by atoms with Gasteiger partial charge in [0.25, 0.3) is 0 Å². The van der Waals surface area contributed by atoms with Gasteiger partial charge in [-0.3, -0.25) is 9.88 Å². The predicted octanol–water partition coefficient (Wildman–Crippen LogP) is 2.07. The lowest BCUT2D eigenvalue weighted by Crippen LogP contribution is -2.54. The van der Waals surface area contributed by atoms with Crippen molar-refractivity contribution in [3.63, 3.8) is 0 Å². The first-order valence-electron chi connectivity index (χ1n) is 4.82. The third kappa shape index (κ3) is 1.73. The molecule has 0 saturated carbocycles. The van der Waals surface area contributed by atoms with Crippen LogP contribution >= 0.6 is 0 Å². The van der Waals surface area contributed by atoms with Crippen LogP contribution in [0.25, 0.3) is 0 Å². The first kappa shape index (κ1) is 8.70. The van der Waals surface area contributed by atoms with Gasteiger partial charge in [0.1, 0.15) is 0 Å². The van der Waals surface area contributed by atoms with E-state index in [4.69, 9.17) is 0 Å². The topological polar surface area (TPSA) is 16.1 Å². The number of pyridine rings is 1. The molecule has 0 unspecified atom stereocenters. The molecule has 2 rings (SSSR count). The van der Waals surface area contributed by atoms with Crippen LogP contribution in [0.3, 0.4) is 0 Å². The van der Waals surface area contributed by atoms with E-state index in [1.807, 2.05) is 12.4 Å². The summed E-state index contributed by atoms with van der Waals surface area (Å²) in [6, 6.07) is 4.18. The Morgan fingerprint density at radius 3 is 2.54 bits per heavy atom. The number of hydrogen-bond acceptors (Lipinski definition) is 2. The van der Waals surface area contributed by atoms with Gasteiger partial charge in [0, 0.05) is 31.0 Å². The molecule has 0 aliphatic carbocycles. The molecule has 0 aromatic carbocycles. The number of likely N-dealkylation sites (tertiary alicyclic amines) is 1. The fourth-order valence-corrected chi connectivity index (χ4v) is 1.72. The molecule has 1 aliphatic rings. The second-order valence-corrected chi connectivity index (χ2v) is 4.34. The average Bonchev–Trinajstić information content (AvgIpc) is 2.15. The number of aromatic nitrogens is 1. The fraction of sp³-hybridized carbons (Fsp3) is 0.545. The molecule has 0 amide bonds. The van der Waals surface area contributed by atoms with Gasteiger partial charge < -0.3 is 0 Å². The van der Waals surface area contributed by atoms with Crippen molar-refractivity contribution in [3.05, 3.63) is 30.1 Å². The summed E-state index contributed by atoms with van der Waals surface area (Å²) in [5.74, 6) is 0. The van der Waals surface area contributed by atoms with E-state index in [2.05, 4.69) is 35.9 Å². The van der Waals surface area contributed by atoms with E-state index in [1.54, 1.807) is 0 Å². The molecule has 2 heterocycles. The highest BCUT2D eigenvalue weighted by molar-refractivity contribution is 5.11. The lowest BCUT2D eigenvalue weighted by Gasteiger charge is -2.48. The zero-order chi connectivity index (χ0) is 9.31. The van der Waals surface area contributed by atoms with Crippen LogP contribution in [0.1, 0.15) is 25.8 Å². The van der Waals surface area contributed by atoms with Gasteiger partial charge in [-0.05, 0) is 38.0 Å². The summed E-state index contributed by atoms with van der Waals surface area (Å²) in [6.45, 7) is 6.90. The summed E-state index contributed by atoms with van der Waals surface area (Å²) in [5.41, 5.74) is 1.77. The van der Waals surface area contributed by atoms with E-state index in [0.29, 0.717) is 5.54 Å². The van der Waals surface area contributed by atoms with Crippen LogP contribution in [0.15, 0.2) is 24.5 Å². The Kier molecular flexibility index (Phi) is 2.08. The van der Waals surface area contributed by atoms with Crippen LogP contribution in [0.4, 0.5) is 0 Å². The average molecular weight is 176 g/mol. The van der Waals surface area contributed by atoms with Crippen molar-refractivity contribution in [1.82, 2.24) is 9.88 Å². The van der Waals surface area contributed by atoms with Gasteiger partial charge in [0.15, 0.2) is 0 Å². The standard InChI is InChI=1S/C11H16N2/c1-11(2)5-8-13(11)9-10-3-6-12-7-4-10/h3-4,6-7H,5,8-9H2,1-2H3. The lowest BCUT2D eigenvalue weighted by atomic mass is 9.88. The molecule has 0 spiro atoms. The molecule has 0 bridgehead atoms. The number of nitrogens with zero attached hydrogens (tertiary/aromatic N) is 2. The van der Waals surface area contributed by atoms with Gasteiger partial charge in [-0.15, -0.1) is 0 Å². The maximum absolute atomic E-state index is 4.01. The summed E-state index contributed by atoms with van der Waals surface area (Å²) in [5, 5.41) is 0. The molecule has 1 aromatic rings. The molecule has 1 aromatic heterocycles. The maximum Gasteiger partial charge on any atom is 0.0271 e. The van der Waals surface area contributed by atoms with Crippen LogP contribution in [0.5, 0.6) is 0 Å². The van der Waals surface area contributed by atoms with Crippen molar-refractivity contribution in [2.24, 2.45) is 0 Å². The van der Waals surface area contributed by atoms with Crippen LogP contribution in [0.2, 0.25) is 0 Å². The minimum absolute atomic E-state index is 0.406. The molecule has 2 heteroatoms. The molecule has 1 aliphatic heterocycles. The number of hydrogen-bond donors (Lipinski definition) is 0. The third-order valence-corrected chi connectivity index (χ3v) is 2.97. The number of rotatable bonds is 2. The molecular formula is C11H16N2. The molecule has 1 saturated heterocycles. The van der Waals surface area contributed by atoms with E-state index in [1.165, 1.54) is 18.5 Å². The Balaban J connectivity index is 2.00. The molecule has 0 atom stereocenters. The SMILES string of the molecule is CC1(C)CCN1Cc1ccncc1. The predicted molar refractivity (Wildman–Crippen MR) is 53.3 cm³/mol. The Bertz CT molecular complexity index is 279. The van der Waals surface area contributed by atoms with Crippen LogP contribution in [-0.2, 0) is 6.54 Å². The molecule has 13 heavy (non-hydrogen) atoms. The van der Waals surface area contributed by atoms with E-state index < -0.39 is 0 Å². The minimum Gasteiger partial charge on any atom is -0.294 e. The Morgan fingerprint density at radius 2 is 2.08 bits per heavy atom. The quantitative estimate of drug-likeness (QED) is 0.685. The van der Waals surface area contributed by atoms with Gasteiger partial charge in [0.05, 0.1) is 0 Å². The smallest absolute Gasteiger partial charge is 0.0271 e. The van der Waals surface area contributed by atoms with Crippen molar-refractivity contribution in [1.29, 1.82) is 0 Å². The molecule has 0 radical (unpaired) electrons. The van der Waals surface area contributed by atoms with E-state index in [9.17, 15) is 0 Å². The Hall–Kier alpha value is -0.890. The summed E-state index contributed by atoms with van der Waals surface area (Å²) < 4.78 is 0. The van der Waals surface area contributed by atoms with E-state index in [-0.39, 0.29) is 0 Å².